The first-order valence-corrected chi connectivity index (χ1v) is 24.0. The number of carbonyl (C=O) groups is 2. The number of anilines is 1. The van der Waals surface area contributed by atoms with Crippen molar-refractivity contribution in [3.05, 3.63) is 136 Å². The van der Waals surface area contributed by atoms with Crippen LogP contribution < -0.4 is 33.7 Å². The third kappa shape index (κ3) is 10.9. The second-order valence-electron chi connectivity index (χ2n) is 17.9. The van der Waals surface area contributed by atoms with Crippen molar-refractivity contribution in [1.29, 1.82) is 0 Å². The first kappa shape index (κ1) is 51.0. The standard InChI is InChI=1S/C54H60N4O14/c1-5-26-70-54-49(57(32-35-14-21-46-48(27-35)69-33-68-46)50(61)23-15-34-12-16-37(17-13-34)58(63)64)31-44(56-67-4)41-28-36(10-6-8-24-59)40(11-7-9-25-60)51(52(41)54)42-29-39(19-22-45(42)72-54)71-53(62)55-43-20-18-38(65-2)30-47(43)66-3/h5,12-23,27-30,36,40,49,51-52,59-60H,1,6-11,24-26,31-33H2,2-4H3,(H,55,62)/t36-,40+,49-,51+,52+,54+/m0/s1. The summed E-state index contributed by atoms with van der Waals surface area (Å²) >= 11 is 0. The highest BCUT2D eigenvalue weighted by Crippen LogP contribution is 2.62. The number of unbranched alkanes of at least 4 members (excludes halogenated alkanes) is 2. The average molecular weight is 989 g/mol. The molecule has 2 aliphatic carbocycles. The van der Waals surface area contributed by atoms with Crippen LogP contribution in [0.2, 0.25) is 0 Å². The van der Waals surface area contributed by atoms with Gasteiger partial charge >= 0.3 is 6.09 Å². The van der Waals surface area contributed by atoms with Crippen molar-refractivity contribution in [2.75, 3.05) is 53.3 Å². The van der Waals surface area contributed by atoms with Crippen molar-refractivity contribution >= 4 is 35.2 Å². The number of non-ortho nitro benzene ring substituents is 1. The number of benzene rings is 4. The van der Waals surface area contributed by atoms with E-state index in [2.05, 4.69) is 23.1 Å². The number of nitro benzene ring substituents is 1. The Hall–Kier alpha value is -7.41. The molecule has 18 nitrogen and oxygen atoms in total. The Morgan fingerprint density at radius 1 is 0.917 bits per heavy atom. The first-order valence-electron chi connectivity index (χ1n) is 24.0. The van der Waals surface area contributed by atoms with Crippen LogP contribution >= 0.6 is 0 Å². The number of methoxy groups -OCH3 is 2. The number of nitro groups is 1. The van der Waals surface area contributed by atoms with E-state index in [1.165, 1.54) is 39.5 Å². The summed E-state index contributed by atoms with van der Waals surface area (Å²) in [5.41, 5.74) is 3.69. The van der Waals surface area contributed by atoms with E-state index in [4.69, 9.17) is 38.0 Å². The Labute approximate surface area is 417 Å². The fourth-order valence-electron chi connectivity index (χ4n) is 10.5. The lowest BCUT2D eigenvalue weighted by Gasteiger charge is -2.60. The van der Waals surface area contributed by atoms with Gasteiger partial charge < -0.3 is 53.1 Å². The van der Waals surface area contributed by atoms with Crippen LogP contribution in [0.5, 0.6) is 34.5 Å². The third-order valence-electron chi connectivity index (χ3n) is 13.7. The molecule has 8 rings (SSSR count). The topological polar surface area (TPSA) is 219 Å². The lowest BCUT2D eigenvalue weighted by molar-refractivity contribution is -0.384. The van der Waals surface area contributed by atoms with Crippen molar-refractivity contribution in [2.24, 2.45) is 22.9 Å². The van der Waals surface area contributed by atoms with Gasteiger partial charge in [0, 0.05) is 61.9 Å². The SMILES string of the molecule is C=CCO[C@@]12Oc3ccc(OC(=O)Nc4ccc(OC)cc4OC)cc3[C@H]3[C@H](CCCCO)[C@@H](CCCCO)C=C(C(=NOC)C[C@@H]1N(Cc1ccc4c(c1)OCO4)C(=O)C=Cc1ccc([N+](=O)[O-])cc1)[C@H]32. The molecule has 2 aliphatic heterocycles. The van der Waals surface area contributed by atoms with Crippen molar-refractivity contribution in [3.8, 4) is 34.5 Å². The number of ether oxygens (including phenoxy) is 7. The van der Waals surface area contributed by atoms with Crippen molar-refractivity contribution in [3.63, 3.8) is 0 Å². The van der Waals surface area contributed by atoms with Crippen LogP contribution in [0.1, 0.15) is 67.6 Å². The number of allylic oxidation sites excluding steroid dienone is 1. The molecule has 4 aliphatic rings. The normalized spacial score (nSPS) is 21.9. The van der Waals surface area contributed by atoms with Crippen LogP contribution in [-0.4, -0.2) is 97.5 Å². The third-order valence-corrected chi connectivity index (χ3v) is 13.7. The second-order valence-corrected chi connectivity index (χ2v) is 17.9. The maximum Gasteiger partial charge on any atom is 0.417 e. The summed E-state index contributed by atoms with van der Waals surface area (Å²) in [6.45, 7) is 4.18. The lowest BCUT2D eigenvalue weighted by Crippen LogP contribution is -2.70. The molecule has 1 fully saturated rings. The van der Waals surface area contributed by atoms with Gasteiger partial charge in [0.25, 0.3) is 5.69 Å². The Morgan fingerprint density at radius 2 is 1.67 bits per heavy atom. The highest BCUT2D eigenvalue weighted by atomic mass is 16.7. The van der Waals surface area contributed by atoms with Crippen molar-refractivity contribution in [2.45, 2.75) is 69.2 Å². The van der Waals surface area contributed by atoms with Crippen LogP contribution in [0.25, 0.3) is 6.08 Å². The van der Waals surface area contributed by atoms with Gasteiger partial charge in [0.05, 0.1) is 43.1 Å². The molecule has 0 bridgehead atoms. The molecule has 380 valence electrons. The summed E-state index contributed by atoms with van der Waals surface area (Å²) < 4.78 is 42.7. The number of aliphatic hydroxyl groups excluding tert-OH is 2. The monoisotopic (exact) mass is 988 g/mol. The predicted molar refractivity (Wildman–Crippen MR) is 266 cm³/mol. The summed E-state index contributed by atoms with van der Waals surface area (Å²) in [5, 5.41) is 38.9. The molecule has 0 aromatic heterocycles. The van der Waals surface area contributed by atoms with E-state index in [0.29, 0.717) is 71.4 Å². The van der Waals surface area contributed by atoms with Gasteiger partial charge in [-0.3, -0.25) is 20.2 Å². The van der Waals surface area contributed by atoms with Crippen LogP contribution in [0, 0.1) is 27.9 Å². The molecule has 2 heterocycles. The molecule has 0 saturated heterocycles. The molecule has 0 radical (unpaired) electrons. The van der Waals surface area contributed by atoms with E-state index >= 15 is 4.79 Å². The van der Waals surface area contributed by atoms with Gasteiger partial charge in [-0.05, 0) is 115 Å². The fraction of sp³-hybridized carbons (Fsp3) is 0.389. The summed E-state index contributed by atoms with van der Waals surface area (Å²) in [5.74, 6) is -0.612. The second kappa shape index (κ2) is 23.2. The maximum atomic E-state index is 15.2. The molecule has 3 N–H and O–H groups in total. The van der Waals surface area contributed by atoms with E-state index in [1.807, 2.05) is 18.2 Å². The van der Waals surface area contributed by atoms with E-state index < -0.39 is 40.6 Å². The van der Waals surface area contributed by atoms with Gasteiger partial charge in [0.15, 0.2) is 11.5 Å². The number of aliphatic hydroxyl groups is 2. The zero-order valence-corrected chi connectivity index (χ0v) is 40.5. The zero-order chi connectivity index (χ0) is 50.8. The number of hydrogen-bond donors (Lipinski definition) is 3. The van der Waals surface area contributed by atoms with Gasteiger partial charge in [-0.25, -0.2) is 4.79 Å². The van der Waals surface area contributed by atoms with Crippen LogP contribution in [0.3, 0.4) is 0 Å². The number of nitrogens with zero attached hydrogens (tertiary/aromatic N) is 3. The summed E-state index contributed by atoms with van der Waals surface area (Å²) in [4.78, 5) is 47.2. The van der Waals surface area contributed by atoms with Crippen LogP contribution in [0.15, 0.2) is 114 Å². The Kier molecular flexibility index (Phi) is 16.4. The van der Waals surface area contributed by atoms with E-state index in [0.717, 1.165) is 29.5 Å². The molecule has 2 amide bonds. The molecule has 72 heavy (non-hydrogen) atoms. The molecular weight excluding hydrogens is 929 g/mol. The predicted octanol–water partition coefficient (Wildman–Crippen LogP) is 8.96. The van der Waals surface area contributed by atoms with Gasteiger partial charge in [0.1, 0.15) is 36.1 Å². The minimum absolute atomic E-state index is 0.00624. The van der Waals surface area contributed by atoms with E-state index in [1.54, 1.807) is 65.6 Å². The number of amides is 2. The average Bonchev–Trinajstić information content (AvgIpc) is 3.86. The van der Waals surface area contributed by atoms with E-state index in [-0.39, 0.29) is 62.9 Å². The molecule has 18 heteroatoms. The van der Waals surface area contributed by atoms with Crippen LogP contribution in [0.4, 0.5) is 16.2 Å². The number of rotatable bonds is 22. The number of oxime groups is 1. The number of hydrogen-bond acceptors (Lipinski definition) is 15. The fourth-order valence-corrected chi connectivity index (χ4v) is 10.5. The summed E-state index contributed by atoms with van der Waals surface area (Å²) in [6, 6.07) is 20.7. The highest BCUT2D eigenvalue weighted by Gasteiger charge is 2.65. The van der Waals surface area contributed by atoms with Gasteiger partial charge in [-0.1, -0.05) is 36.2 Å². The van der Waals surface area contributed by atoms with E-state index in [9.17, 15) is 25.1 Å². The maximum absolute atomic E-state index is 15.2. The quantitative estimate of drug-likeness (QED) is 0.0220. The molecule has 1 saturated carbocycles. The first-order chi connectivity index (χ1) is 35.0. The molecule has 6 atom stereocenters. The molecule has 4 aromatic carbocycles. The molecule has 0 unspecified atom stereocenters. The molecule has 4 aromatic rings. The zero-order valence-electron chi connectivity index (χ0n) is 40.5. The highest BCUT2D eigenvalue weighted by molar-refractivity contribution is 6.03. The molecular formula is C54H60N4O14. The lowest BCUT2D eigenvalue weighted by atomic mass is 9.55. The van der Waals surface area contributed by atoms with Crippen molar-refractivity contribution < 1.29 is 62.7 Å². The Balaban J connectivity index is 1.28. The largest absolute Gasteiger partial charge is 0.497 e. The number of carbonyl (C=O) groups excluding carboxylic acids is 2. The Morgan fingerprint density at radius 3 is 2.39 bits per heavy atom. The van der Waals surface area contributed by atoms with Gasteiger partial charge in [-0.2, -0.15) is 0 Å². The van der Waals surface area contributed by atoms with Crippen LogP contribution in [-0.2, 0) is 20.9 Å². The minimum Gasteiger partial charge on any atom is -0.497 e. The Bertz CT molecular complexity index is 2710. The summed E-state index contributed by atoms with van der Waals surface area (Å²) in [6.07, 6.45) is 10.2. The van der Waals surface area contributed by atoms with Crippen molar-refractivity contribution in [1.82, 2.24) is 4.90 Å². The summed E-state index contributed by atoms with van der Waals surface area (Å²) in [7, 11) is 4.49. The van der Waals surface area contributed by atoms with Gasteiger partial charge in [0.2, 0.25) is 18.5 Å². The number of nitrogens with one attached hydrogen (secondary N) is 1. The smallest absolute Gasteiger partial charge is 0.417 e. The molecule has 0 spiro atoms. The number of fused-ring (bicyclic) bond motifs is 3. The minimum atomic E-state index is -1.62. The van der Waals surface area contributed by atoms with Gasteiger partial charge in [-0.15, -0.1) is 6.58 Å².